The van der Waals surface area contributed by atoms with Crippen molar-refractivity contribution in [1.82, 2.24) is 0 Å². The molecule has 114 heavy (non-hydrogen) atoms. The summed E-state index contributed by atoms with van der Waals surface area (Å²) in [5, 5.41) is 9.43. The number of rotatable bonds is 3. The molecule has 9 unspecified atom stereocenters. The topological polar surface area (TPSA) is 0 Å². The Labute approximate surface area is 764 Å². The van der Waals surface area contributed by atoms with E-state index in [9.17, 15) is 0 Å². The van der Waals surface area contributed by atoms with E-state index in [1.54, 1.807) is 15.9 Å². The number of hydrogen-bond acceptors (Lipinski definition) is 0. The second kappa shape index (κ2) is 35.6. The van der Waals surface area contributed by atoms with Gasteiger partial charge in [0.25, 0.3) is 0 Å². The number of benzene rings is 9. The molecule has 0 aromatic heterocycles. The van der Waals surface area contributed by atoms with Crippen LogP contribution >= 0.6 is 21.8 Å². The van der Waals surface area contributed by atoms with Crippen molar-refractivity contribution in [3.63, 3.8) is 0 Å². The average molecular weight is 1910 g/mol. The molecular formula is C105H84Cl2IP3Zr3. The maximum absolute atomic E-state index is 3.73. The van der Waals surface area contributed by atoms with E-state index in [4.69, 9.17) is 0 Å². The van der Waals surface area contributed by atoms with Gasteiger partial charge in [0.1, 0.15) is 0 Å². The van der Waals surface area contributed by atoms with Crippen molar-refractivity contribution in [3.05, 3.63) is 498 Å². The number of halogens is 3. The van der Waals surface area contributed by atoms with Gasteiger partial charge in [-0.05, 0) is 109 Å². The zero-order valence-electron chi connectivity index (χ0n) is 64.7. The number of aryl methyl sites for hydroxylation is 3. The summed E-state index contributed by atoms with van der Waals surface area (Å²) in [6.45, 7) is 13.8. The minimum atomic E-state index is -1.20. The second-order valence-electron chi connectivity index (χ2n) is 31.3. The third-order valence-electron chi connectivity index (χ3n) is 24.2. The molecule has 0 radical (unpaired) electrons. The quantitative estimate of drug-likeness (QED) is 0.0940. The van der Waals surface area contributed by atoms with Crippen LogP contribution in [0.25, 0.3) is 0 Å². The molecule has 9 aromatic rings. The molecular weight excluding hydrogens is 1830 g/mol. The summed E-state index contributed by atoms with van der Waals surface area (Å²) in [5.41, 5.74) is 33.0. The molecule has 9 aromatic carbocycles. The van der Waals surface area contributed by atoms with E-state index in [1.807, 2.05) is 0 Å². The van der Waals surface area contributed by atoms with Crippen LogP contribution in [0.5, 0.6) is 0 Å². The van der Waals surface area contributed by atoms with Gasteiger partial charge in [-0.1, -0.05) is 199 Å². The molecule has 0 amide bonds. The third-order valence-corrected chi connectivity index (χ3v) is 36.0. The van der Waals surface area contributed by atoms with Crippen LogP contribution in [0, 0.1) is 57.2 Å². The van der Waals surface area contributed by atoms with Crippen LogP contribution in [-0.2, 0) is 97.1 Å². The normalized spacial score (nSPS) is 23.5. The SMILES string of the molecule is C[P+]1(c2ccccc2)Cc2ccc3c(c21)[C-]=C1C=CC=CC13.C[P+]1(c2ccccc2)Cc2ccc3c(c21)[C-]=C1C=CC=CC13.C[P+]1(c2ccccc2)Cc2ccc3c(c21)[C-]=C1C=CC=CC13.Cc1ccc2c(c1)[C-]=C1C=CC=CC12.Cc1ccc2c(c1)[C-]=C1C=CC=CC12.Cc1ccc2c(c1)[C-]=C1C=CC=CC12.[Cl-].[Cl-].[I-].[Zr+2].[Zr+2].[Zr+2]. The van der Waals surface area contributed by atoms with Gasteiger partial charge in [-0.2, -0.15) is 0 Å². The summed E-state index contributed by atoms with van der Waals surface area (Å²) >= 11 is 0. The van der Waals surface area contributed by atoms with Crippen LogP contribution in [0.1, 0.15) is 136 Å². The summed E-state index contributed by atoms with van der Waals surface area (Å²) in [4.78, 5) is 0. The van der Waals surface area contributed by atoms with E-state index >= 15 is 0 Å². The first-order chi connectivity index (χ1) is 52.8. The third kappa shape index (κ3) is 15.5. The van der Waals surface area contributed by atoms with E-state index in [-0.39, 0.29) is 127 Å². The maximum atomic E-state index is 3.73. The smallest absolute Gasteiger partial charge is 1.00 e. The molecule has 3 heterocycles. The summed E-state index contributed by atoms with van der Waals surface area (Å²) in [7, 11) is -3.61. The van der Waals surface area contributed by atoms with Gasteiger partial charge in [-0.25, -0.2) is 0 Å². The molecule has 9 heteroatoms. The van der Waals surface area contributed by atoms with E-state index in [2.05, 4.69) is 405 Å². The summed E-state index contributed by atoms with van der Waals surface area (Å²) in [6.07, 6.45) is 77.5. The predicted molar refractivity (Wildman–Crippen MR) is 461 cm³/mol. The molecule has 0 fully saturated rings. The monoisotopic (exact) mass is 1900 g/mol. The van der Waals surface area contributed by atoms with Crippen LogP contribution in [0.3, 0.4) is 0 Å². The van der Waals surface area contributed by atoms with E-state index in [0.717, 1.165) is 0 Å². The molecule has 0 saturated carbocycles. The molecule has 0 spiro atoms. The summed E-state index contributed by atoms with van der Waals surface area (Å²) in [6, 6.07) is 67.1. The average Bonchev–Trinajstić information content (AvgIpc) is 1.35. The fraction of sp³-hybridized carbons (Fsp3) is 0.143. The molecule has 9 atom stereocenters. The van der Waals surface area contributed by atoms with Crippen LogP contribution in [-0.4, -0.2) is 20.0 Å². The Morgan fingerprint density at radius 1 is 0.263 bits per heavy atom. The van der Waals surface area contributed by atoms with Gasteiger partial charge in [-0.15, -0.1) is 246 Å². The Kier molecular flexibility index (Phi) is 26.7. The maximum Gasteiger partial charge on any atom is 2.00 e. The summed E-state index contributed by atoms with van der Waals surface area (Å²) in [5.74, 6) is 2.64. The van der Waals surface area contributed by atoms with Crippen molar-refractivity contribution >= 4 is 53.6 Å². The Morgan fingerprint density at radius 2 is 0.482 bits per heavy atom. The molecule has 0 nitrogen and oxygen atoms in total. The molecule has 0 saturated heterocycles. The Morgan fingerprint density at radius 3 is 0.728 bits per heavy atom. The van der Waals surface area contributed by atoms with Gasteiger partial charge in [0.15, 0.2) is 0 Å². The first kappa shape index (κ1) is 85.4. The zero-order valence-corrected chi connectivity index (χ0v) is 78.5. The fourth-order valence-corrected chi connectivity index (χ4v) is 29.5. The molecule has 24 rings (SSSR count). The largest absolute Gasteiger partial charge is 2.00 e. The number of fused-ring (bicyclic) bond motifs is 24. The van der Waals surface area contributed by atoms with Crippen molar-refractivity contribution in [1.29, 1.82) is 0 Å². The van der Waals surface area contributed by atoms with Crippen molar-refractivity contribution in [2.75, 3.05) is 20.0 Å². The van der Waals surface area contributed by atoms with Crippen LogP contribution in [0.2, 0.25) is 0 Å². The van der Waals surface area contributed by atoms with Crippen LogP contribution < -0.4 is 80.6 Å². The predicted octanol–water partition coefficient (Wildman–Crippen LogP) is 13.2. The minimum absolute atomic E-state index is 0. The van der Waals surface area contributed by atoms with Crippen LogP contribution in [0.15, 0.2) is 361 Å². The van der Waals surface area contributed by atoms with Gasteiger partial charge in [0.2, 0.25) is 0 Å². The van der Waals surface area contributed by atoms with Crippen molar-refractivity contribution in [3.8, 4) is 0 Å². The number of allylic oxidation sites excluding steroid dienone is 30. The van der Waals surface area contributed by atoms with Crippen molar-refractivity contribution in [2.45, 2.75) is 74.8 Å². The van der Waals surface area contributed by atoms with Crippen molar-refractivity contribution in [2.24, 2.45) is 0 Å². The summed E-state index contributed by atoms with van der Waals surface area (Å²) < 4.78 is 0. The van der Waals surface area contributed by atoms with Crippen molar-refractivity contribution < 1.29 is 127 Å². The molecule has 552 valence electrons. The fourth-order valence-electron chi connectivity index (χ4n) is 18.8. The first-order valence-corrected chi connectivity index (χ1v) is 45.6. The van der Waals surface area contributed by atoms with Gasteiger partial charge >= 0.3 is 78.6 Å². The number of hydrogen-bond donors (Lipinski definition) is 0. The molecule has 15 aliphatic rings. The van der Waals surface area contributed by atoms with Gasteiger partial charge in [-0.3, -0.25) is 0 Å². The van der Waals surface area contributed by atoms with Crippen LogP contribution in [0.4, 0.5) is 0 Å². The molecule has 0 N–H and O–H groups in total. The first-order valence-electron chi connectivity index (χ1n) is 38.3. The van der Waals surface area contributed by atoms with E-state index in [0.29, 0.717) is 35.5 Å². The molecule has 3 aliphatic heterocycles. The van der Waals surface area contributed by atoms with E-state index in [1.165, 1.54) is 168 Å². The standard InChI is InChI=1S/3C21H17P.3C14H11.2ClH.HI.3Zr/c3*1-22(17-8-3-2-4-9-17)14-16-11-12-19-18-10-6-5-7-15(18)13-20(19)21(16)22;3*1-10-6-7-14-12(8-10)9-11-4-2-3-5-13(11)14;;;;;;/h3*2-12,18H,14H2,1H3;3*2-8,13H,1H3;3*1H;;;/q;;;3*-1;;;;3*+2/p-3. The second-order valence-corrected chi connectivity index (χ2v) is 42.2. The molecule has 0 bridgehead atoms. The van der Waals surface area contributed by atoms with Gasteiger partial charge in [0.05, 0.1) is 54.4 Å². The Hall–Kier alpha value is -6.45. The van der Waals surface area contributed by atoms with Gasteiger partial charge in [0, 0.05) is 37.7 Å². The van der Waals surface area contributed by atoms with Gasteiger partial charge < -0.3 is 48.8 Å². The molecule has 12 aliphatic carbocycles. The zero-order chi connectivity index (χ0) is 72.8. The Bertz CT molecular complexity index is 5340. The Balaban J connectivity index is 0.000000120. The van der Waals surface area contributed by atoms with E-state index < -0.39 is 21.8 Å². The minimum Gasteiger partial charge on any atom is -1.00 e.